The molecule has 10 nitrogen and oxygen atoms in total. The second kappa shape index (κ2) is 8.89. The fraction of sp³-hybridized carbons (Fsp3) is 0. The molecule has 0 fully saturated rings. The van der Waals surface area contributed by atoms with Crippen LogP contribution in [-0.4, -0.2) is 38.9 Å². The molecule has 2 aromatic rings. The SMILES string of the molecule is Nc1cc2c(S(=O)(=O)[O-])cc(S(=O)(=O)[O-])cc2cc1S(=O)(=O)O.[K+].[K+]. The Labute approximate surface area is 228 Å². The molecule has 25 heavy (non-hydrogen) atoms. The van der Waals surface area contributed by atoms with Gasteiger partial charge in [0.2, 0.25) is 0 Å². The number of anilines is 1. The monoisotopic (exact) mass is 459 g/mol. The maximum atomic E-state index is 11.3. The van der Waals surface area contributed by atoms with E-state index >= 15 is 0 Å². The number of hydrogen-bond donors (Lipinski definition) is 2. The van der Waals surface area contributed by atoms with Gasteiger partial charge in [-0.25, -0.2) is 16.8 Å². The first-order chi connectivity index (χ1) is 10.2. The summed E-state index contributed by atoms with van der Waals surface area (Å²) in [6, 6.07) is 2.45. The first-order valence-corrected chi connectivity index (χ1v) is 9.73. The molecule has 0 aromatic heterocycles. The Morgan fingerprint density at radius 3 is 1.72 bits per heavy atom. The summed E-state index contributed by atoms with van der Waals surface area (Å²) in [5, 5.41) is -0.782. The third kappa shape index (κ3) is 6.24. The van der Waals surface area contributed by atoms with Crippen LogP contribution in [-0.2, 0) is 30.4 Å². The molecule has 0 heterocycles. The molecule has 0 aliphatic heterocycles. The Balaban J connectivity index is 0.00000288. The molecule has 0 aliphatic carbocycles. The van der Waals surface area contributed by atoms with Crippen LogP contribution in [0.4, 0.5) is 5.69 Å². The predicted molar refractivity (Wildman–Crippen MR) is 74.1 cm³/mol. The third-order valence-corrected chi connectivity index (χ3v) is 5.45. The van der Waals surface area contributed by atoms with Gasteiger partial charge in [-0.1, -0.05) is 0 Å². The largest absolute Gasteiger partial charge is 1.00 e. The van der Waals surface area contributed by atoms with Gasteiger partial charge < -0.3 is 14.8 Å². The Kier molecular flexibility index (Phi) is 9.42. The minimum Gasteiger partial charge on any atom is -0.744 e. The van der Waals surface area contributed by atoms with Crippen molar-refractivity contribution < 1.29 is 142 Å². The van der Waals surface area contributed by atoms with Gasteiger partial charge in [0.05, 0.1) is 15.5 Å². The molecule has 3 N–H and O–H groups in total. The first kappa shape index (κ1) is 26.5. The van der Waals surface area contributed by atoms with Crippen LogP contribution in [0, 0.1) is 0 Å². The average molecular weight is 460 g/mol. The van der Waals surface area contributed by atoms with Crippen molar-refractivity contribution in [2.45, 2.75) is 14.7 Å². The molecule has 0 amide bonds. The van der Waals surface area contributed by atoms with Gasteiger partial charge in [-0.15, -0.1) is 0 Å². The summed E-state index contributed by atoms with van der Waals surface area (Å²) in [4.78, 5) is -2.94. The molecule has 0 atom stereocenters. The zero-order valence-electron chi connectivity index (χ0n) is 12.8. The van der Waals surface area contributed by atoms with Crippen LogP contribution >= 0.6 is 0 Å². The molecule has 0 radical (unpaired) electrons. The summed E-state index contributed by atoms with van der Waals surface area (Å²) in [6.45, 7) is 0. The fourth-order valence-corrected chi connectivity index (χ4v) is 3.88. The third-order valence-electron chi connectivity index (χ3n) is 2.85. The van der Waals surface area contributed by atoms with E-state index in [9.17, 15) is 34.4 Å². The second-order valence-corrected chi connectivity index (χ2v) is 8.53. The Morgan fingerprint density at radius 2 is 1.32 bits per heavy atom. The van der Waals surface area contributed by atoms with Crippen molar-refractivity contribution in [1.82, 2.24) is 0 Å². The van der Waals surface area contributed by atoms with E-state index in [1.807, 2.05) is 0 Å². The quantitative estimate of drug-likeness (QED) is 0.253. The van der Waals surface area contributed by atoms with E-state index in [4.69, 9.17) is 10.3 Å². The normalized spacial score (nSPS) is 12.3. The molecule has 0 saturated carbocycles. The number of hydrogen-bond acceptors (Lipinski definition) is 9. The van der Waals surface area contributed by atoms with Gasteiger partial charge in [0.25, 0.3) is 10.1 Å². The van der Waals surface area contributed by atoms with E-state index in [2.05, 4.69) is 0 Å². The molecule has 0 aliphatic rings. The molecule has 15 heteroatoms. The van der Waals surface area contributed by atoms with E-state index in [0.29, 0.717) is 18.2 Å². The van der Waals surface area contributed by atoms with E-state index in [1.54, 1.807) is 0 Å². The van der Waals surface area contributed by atoms with Crippen molar-refractivity contribution in [1.29, 1.82) is 0 Å². The van der Waals surface area contributed by atoms with Gasteiger partial charge in [-0.05, 0) is 29.7 Å². The van der Waals surface area contributed by atoms with Gasteiger partial charge >= 0.3 is 103 Å². The van der Waals surface area contributed by atoms with E-state index < -0.39 is 61.5 Å². The average Bonchev–Trinajstić information content (AvgIpc) is 2.32. The smallest absolute Gasteiger partial charge is 0.744 e. The van der Waals surface area contributed by atoms with Crippen LogP contribution in [0.5, 0.6) is 0 Å². The molecular weight excluding hydrogens is 453 g/mol. The van der Waals surface area contributed by atoms with Crippen molar-refractivity contribution in [3.8, 4) is 0 Å². The van der Waals surface area contributed by atoms with Crippen molar-refractivity contribution in [2.75, 3.05) is 5.73 Å². The predicted octanol–water partition coefficient (Wildman–Crippen LogP) is -6.52. The maximum Gasteiger partial charge on any atom is 1.00 e. The first-order valence-electron chi connectivity index (χ1n) is 5.48. The molecule has 2 rings (SSSR count). The minimum atomic E-state index is -5.20. The second-order valence-electron chi connectivity index (χ2n) is 4.42. The van der Waals surface area contributed by atoms with E-state index in [-0.39, 0.29) is 103 Å². The van der Waals surface area contributed by atoms with Gasteiger partial charge in [-0.3, -0.25) is 4.55 Å². The molecular formula is C10H7K2NO9S3. The standard InChI is InChI=1S/C10H9NO9S3.2K/c11-8-4-7-5(2-10(8)23(18,19)20)1-6(21(12,13)14)3-9(7)22(15,16)17;;/h1-4H,11H2,(H,12,13,14)(H,15,16,17)(H,18,19,20);;/q;2*+1/p-2. The Morgan fingerprint density at radius 1 is 0.800 bits per heavy atom. The summed E-state index contributed by atoms with van der Waals surface area (Å²) in [6.07, 6.45) is 0. The zero-order valence-corrected chi connectivity index (χ0v) is 21.5. The zero-order chi connectivity index (χ0) is 17.8. The summed E-state index contributed by atoms with van der Waals surface area (Å²) in [5.41, 5.74) is 4.83. The van der Waals surface area contributed by atoms with Crippen LogP contribution in [0.1, 0.15) is 0 Å². The minimum absolute atomic E-state index is 0. The number of benzene rings is 2. The van der Waals surface area contributed by atoms with E-state index in [0.717, 1.165) is 6.07 Å². The molecule has 0 spiro atoms. The summed E-state index contributed by atoms with van der Waals surface area (Å²) in [5.74, 6) is 0. The van der Waals surface area contributed by atoms with Crippen LogP contribution in [0.25, 0.3) is 10.8 Å². The van der Waals surface area contributed by atoms with E-state index in [1.165, 1.54) is 0 Å². The van der Waals surface area contributed by atoms with Gasteiger partial charge in [0, 0.05) is 5.39 Å². The fourth-order valence-electron chi connectivity index (χ4n) is 1.92. The maximum absolute atomic E-state index is 11.3. The van der Waals surface area contributed by atoms with Crippen LogP contribution < -0.4 is 109 Å². The molecule has 0 unspecified atom stereocenters. The molecule has 0 bridgehead atoms. The van der Waals surface area contributed by atoms with Gasteiger partial charge in [0.1, 0.15) is 25.1 Å². The molecule has 2 aromatic carbocycles. The Bertz CT molecular complexity index is 1140. The summed E-state index contributed by atoms with van der Waals surface area (Å²) in [7, 11) is -15.1. The number of rotatable bonds is 3. The van der Waals surface area contributed by atoms with Crippen molar-refractivity contribution in [2.24, 2.45) is 0 Å². The van der Waals surface area contributed by atoms with Crippen LogP contribution in [0.3, 0.4) is 0 Å². The number of nitrogens with two attached hydrogens (primary N) is 1. The number of nitrogen functional groups attached to an aromatic ring is 1. The van der Waals surface area contributed by atoms with Crippen molar-refractivity contribution >= 4 is 46.8 Å². The Hall–Kier alpha value is 1.50. The summed E-state index contributed by atoms with van der Waals surface area (Å²) >= 11 is 0. The van der Waals surface area contributed by atoms with Crippen LogP contribution in [0.2, 0.25) is 0 Å². The van der Waals surface area contributed by atoms with Gasteiger partial charge in [0.15, 0.2) is 0 Å². The topological polar surface area (TPSA) is 195 Å². The van der Waals surface area contributed by atoms with Crippen molar-refractivity contribution in [3.05, 3.63) is 24.3 Å². The number of fused-ring (bicyclic) bond motifs is 1. The molecule has 126 valence electrons. The van der Waals surface area contributed by atoms with Crippen LogP contribution in [0.15, 0.2) is 39.0 Å². The molecule has 0 saturated heterocycles. The van der Waals surface area contributed by atoms with Gasteiger partial charge in [-0.2, -0.15) is 8.42 Å². The summed E-state index contributed by atoms with van der Waals surface area (Å²) < 4.78 is 98.3. The van der Waals surface area contributed by atoms with Crippen molar-refractivity contribution in [3.63, 3.8) is 0 Å².